The lowest BCUT2D eigenvalue weighted by Gasteiger charge is -2.36. The van der Waals surface area contributed by atoms with Crippen LogP contribution in [0, 0.1) is 0 Å². The summed E-state index contributed by atoms with van der Waals surface area (Å²) in [6.45, 7) is 3.67. The summed E-state index contributed by atoms with van der Waals surface area (Å²) in [5, 5.41) is 9.65. The van der Waals surface area contributed by atoms with Gasteiger partial charge in [0.15, 0.2) is 6.10 Å². The number of carbonyl (C=O) groups excluding carboxylic acids is 2. The maximum absolute atomic E-state index is 11.6. The summed E-state index contributed by atoms with van der Waals surface area (Å²) in [6, 6.07) is 0. The number of hydrogen-bond donors (Lipinski definition) is 1. The average molecular weight is 349 g/mol. The van der Waals surface area contributed by atoms with Crippen LogP contribution in [0.2, 0.25) is 0 Å². The fourth-order valence-electron chi connectivity index (χ4n) is 3.06. The molecule has 0 radical (unpaired) electrons. The molecule has 2 fully saturated rings. The van der Waals surface area contributed by atoms with Crippen LogP contribution in [0.4, 0.5) is 0 Å². The lowest BCUT2D eigenvalue weighted by Crippen LogP contribution is -2.55. The van der Waals surface area contributed by atoms with Crippen LogP contribution in [0.15, 0.2) is 12.7 Å². The summed E-state index contributed by atoms with van der Waals surface area (Å²) in [4.78, 5) is 22.7. The average Bonchev–Trinajstić information content (AvgIpc) is 2.99. The molecular formula is C13H17O9S-. The second-order valence-corrected chi connectivity index (χ2v) is 6.05. The van der Waals surface area contributed by atoms with E-state index < -0.39 is 53.3 Å². The fraction of sp³-hybridized carbons (Fsp3) is 0.692. The Morgan fingerprint density at radius 1 is 1.43 bits per heavy atom. The quantitative estimate of drug-likeness (QED) is 0.353. The summed E-state index contributed by atoms with van der Waals surface area (Å²) >= 11 is -2.92. The molecule has 0 aromatic carbocycles. The number of aliphatic hydroxyl groups excluding tert-OH is 1. The molecule has 2 saturated heterocycles. The Hall–Kier alpha value is -1.33. The van der Waals surface area contributed by atoms with Gasteiger partial charge in [0.1, 0.15) is 23.9 Å². The van der Waals surface area contributed by atoms with Crippen molar-refractivity contribution in [1.82, 2.24) is 0 Å². The first-order valence-electron chi connectivity index (χ1n) is 6.82. The Balaban J connectivity index is 2.35. The molecule has 1 N–H and O–H groups in total. The van der Waals surface area contributed by atoms with Crippen molar-refractivity contribution in [1.29, 1.82) is 0 Å². The zero-order valence-electron chi connectivity index (χ0n) is 12.4. The van der Waals surface area contributed by atoms with E-state index in [4.69, 9.17) is 18.4 Å². The minimum Gasteiger partial charge on any atom is -0.750 e. The zero-order chi connectivity index (χ0) is 17.3. The van der Waals surface area contributed by atoms with Gasteiger partial charge in [-0.3, -0.25) is 8.98 Å². The molecule has 2 aliphatic heterocycles. The number of aliphatic hydroxyl groups is 1. The van der Waals surface area contributed by atoms with E-state index in [1.165, 1.54) is 6.92 Å². The molecule has 2 heterocycles. The van der Waals surface area contributed by atoms with Gasteiger partial charge in [0.05, 0.1) is 18.0 Å². The highest BCUT2D eigenvalue weighted by Gasteiger charge is 2.70. The van der Waals surface area contributed by atoms with E-state index in [1.54, 1.807) is 0 Å². The summed E-state index contributed by atoms with van der Waals surface area (Å²) in [6.07, 6.45) is -0.969. The van der Waals surface area contributed by atoms with E-state index in [9.17, 15) is 23.5 Å². The van der Waals surface area contributed by atoms with Gasteiger partial charge in [-0.2, -0.15) is 0 Å². The summed E-state index contributed by atoms with van der Waals surface area (Å²) < 4.78 is 42.7. The SMILES string of the molecule is C=CC(=O)OC1C(OS(=O)[O-])C2(CO)CCC1(COC(C)=O)O2. The van der Waals surface area contributed by atoms with Crippen molar-refractivity contribution in [3.8, 4) is 0 Å². The van der Waals surface area contributed by atoms with E-state index in [-0.39, 0.29) is 13.0 Å². The maximum atomic E-state index is 11.6. The molecule has 0 aromatic heterocycles. The molecule has 5 unspecified atom stereocenters. The Bertz CT molecular complexity index is 536. The molecule has 23 heavy (non-hydrogen) atoms. The van der Waals surface area contributed by atoms with Crippen molar-refractivity contribution in [2.75, 3.05) is 13.2 Å². The van der Waals surface area contributed by atoms with Gasteiger partial charge in [0.2, 0.25) is 0 Å². The standard InChI is InChI=1S/C13H18O9S/c1-3-9(16)20-10-11(21-23(17)18)12(6-14)4-5-13(10,22-12)7-19-8(2)15/h3,10-11,14H,1,4-7H2,2H3,(H,17,18)/p-1. The maximum Gasteiger partial charge on any atom is 0.330 e. The van der Waals surface area contributed by atoms with E-state index in [0.29, 0.717) is 6.42 Å². The Morgan fingerprint density at radius 2 is 2.09 bits per heavy atom. The van der Waals surface area contributed by atoms with E-state index in [0.717, 1.165) is 6.08 Å². The topological polar surface area (TPSA) is 131 Å². The molecule has 0 aromatic rings. The van der Waals surface area contributed by atoms with Crippen LogP contribution in [-0.4, -0.2) is 62.4 Å². The van der Waals surface area contributed by atoms with Gasteiger partial charge in [0, 0.05) is 13.0 Å². The number of hydrogen-bond acceptors (Lipinski definition) is 9. The molecule has 10 heteroatoms. The van der Waals surface area contributed by atoms with Gasteiger partial charge in [0.25, 0.3) is 0 Å². The summed E-state index contributed by atoms with van der Waals surface area (Å²) in [7, 11) is 0. The van der Waals surface area contributed by atoms with Crippen LogP contribution in [-0.2, 0) is 39.3 Å². The molecule has 130 valence electrons. The normalized spacial score (nSPS) is 36.5. The van der Waals surface area contributed by atoms with E-state index >= 15 is 0 Å². The third-order valence-electron chi connectivity index (χ3n) is 4.07. The Labute approximate surface area is 135 Å². The molecular weight excluding hydrogens is 332 g/mol. The predicted octanol–water partition coefficient (Wildman–Crippen LogP) is -0.879. The first-order chi connectivity index (χ1) is 10.8. The third-order valence-corrected chi connectivity index (χ3v) is 4.43. The molecule has 0 saturated carbocycles. The largest absolute Gasteiger partial charge is 0.750 e. The van der Waals surface area contributed by atoms with Crippen molar-refractivity contribution in [2.45, 2.75) is 43.2 Å². The lowest BCUT2D eigenvalue weighted by atomic mass is 9.78. The van der Waals surface area contributed by atoms with Crippen molar-refractivity contribution in [2.24, 2.45) is 0 Å². The number of fused-ring (bicyclic) bond motifs is 2. The molecule has 2 rings (SSSR count). The first kappa shape index (κ1) is 18.0. The van der Waals surface area contributed by atoms with E-state index in [1.807, 2.05) is 0 Å². The van der Waals surface area contributed by atoms with Crippen molar-refractivity contribution >= 4 is 23.3 Å². The second-order valence-electron chi connectivity index (χ2n) is 5.45. The summed E-state index contributed by atoms with van der Waals surface area (Å²) in [5.41, 5.74) is -2.64. The van der Waals surface area contributed by atoms with Gasteiger partial charge in [-0.15, -0.1) is 0 Å². The van der Waals surface area contributed by atoms with Crippen LogP contribution in [0.25, 0.3) is 0 Å². The number of esters is 2. The van der Waals surface area contributed by atoms with Gasteiger partial charge in [-0.05, 0) is 12.8 Å². The van der Waals surface area contributed by atoms with Crippen LogP contribution < -0.4 is 0 Å². The van der Waals surface area contributed by atoms with Gasteiger partial charge < -0.3 is 23.9 Å². The van der Waals surface area contributed by atoms with Gasteiger partial charge in [-0.1, -0.05) is 6.58 Å². The van der Waals surface area contributed by atoms with Crippen molar-refractivity contribution < 1.29 is 41.9 Å². The molecule has 0 aliphatic carbocycles. The monoisotopic (exact) mass is 349 g/mol. The number of ether oxygens (including phenoxy) is 3. The second kappa shape index (κ2) is 6.65. The van der Waals surface area contributed by atoms with Crippen LogP contribution in [0.1, 0.15) is 19.8 Å². The molecule has 2 aliphatic rings. The molecule has 5 atom stereocenters. The molecule has 9 nitrogen and oxygen atoms in total. The smallest absolute Gasteiger partial charge is 0.330 e. The van der Waals surface area contributed by atoms with Crippen LogP contribution >= 0.6 is 0 Å². The summed E-state index contributed by atoms with van der Waals surface area (Å²) in [5.74, 6) is -1.39. The van der Waals surface area contributed by atoms with Crippen LogP contribution in [0.3, 0.4) is 0 Å². The fourth-order valence-corrected chi connectivity index (χ4v) is 3.50. The molecule has 0 amide bonds. The molecule has 2 bridgehead atoms. The zero-order valence-corrected chi connectivity index (χ0v) is 13.2. The minimum absolute atomic E-state index is 0.259. The van der Waals surface area contributed by atoms with Crippen molar-refractivity contribution in [3.63, 3.8) is 0 Å². The Kier molecular flexibility index (Phi) is 5.21. The Morgan fingerprint density at radius 3 is 2.61 bits per heavy atom. The van der Waals surface area contributed by atoms with Crippen LogP contribution in [0.5, 0.6) is 0 Å². The highest BCUT2D eigenvalue weighted by atomic mass is 32.2. The minimum atomic E-state index is -2.92. The predicted molar refractivity (Wildman–Crippen MR) is 73.4 cm³/mol. The van der Waals surface area contributed by atoms with Gasteiger partial charge in [-0.25, -0.2) is 9.00 Å². The van der Waals surface area contributed by atoms with E-state index in [2.05, 4.69) is 6.58 Å². The van der Waals surface area contributed by atoms with Gasteiger partial charge >= 0.3 is 11.9 Å². The lowest BCUT2D eigenvalue weighted by molar-refractivity contribution is -0.169. The highest BCUT2D eigenvalue weighted by molar-refractivity contribution is 7.74. The third kappa shape index (κ3) is 3.31. The highest BCUT2D eigenvalue weighted by Crippen LogP contribution is 2.53. The molecule has 0 spiro atoms. The number of carbonyl (C=O) groups is 2. The van der Waals surface area contributed by atoms with Crippen molar-refractivity contribution in [3.05, 3.63) is 12.7 Å². The number of rotatable bonds is 7. The first-order valence-corrected chi connectivity index (χ1v) is 7.82.